The van der Waals surface area contributed by atoms with Crippen molar-refractivity contribution in [1.29, 1.82) is 0 Å². The van der Waals surface area contributed by atoms with Gasteiger partial charge in [0.25, 0.3) is 5.56 Å². The van der Waals surface area contributed by atoms with Gasteiger partial charge in [0.05, 0.1) is 55.3 Å². The number of cyclic esters (lactones) is 1. The fraction of sp³-hybridized carbons (Fsp3) is 0.464. The summed E-state index contributed by atoms with van der Waals surface area (Å²) in [5, 5.41) is 39.1. The second-order valence-corrected chi connectivity index (χ2v) is 20.4. The lowest BCUT2D eigenvalue weighted by atomic mass is 9.80. The molecule has 4 aromatic rings. The highest BCUT2D eigenvalue weighted by Gasteiger charge is 2.46. The van der Waals surface area contributed by atoms with Gasteiger partial charge in [0.1, 0.15) is 31.4 Å². The lowest BCUT2D eigenvalue weighted by molar-refractivity contribution is -0.172. The molecule has 0 spiro atoms. The van der Waals surface area contributed by atoms with Crippen LogP contribution in [-0.2, 0) is 79.4 Å². The molecule has 22 heteroatoms. The summed E-state index contributed by atoms with van der Waals surface area (Å²) in [5.74, 6) is -4.67. The maximum Gasteiger partial charge on any atom is 0.343 e. The van der Waals surface area contributed by atoms with E-state index in [4.69, 9.17) is 14.5 Å². The van der Waals surface area contributed by atoms with Gasteiger partial charge < -0.3 is 50.8 Å². The van der Waals surface area contributed by atoms with Crippen LogP contribution in [0.3, 0.4) is 0 Å². The highest BCUT2D eigenvalue weighted by Crippen LogP contribution is 2.46. The lowest BCUT2D eigenvalue weighted by Crippen LogP contribution is -2.52. The first-order valence-corrected chi connectivity index (χ1v) is 26.4. The number of esters is 1. The van der Waals surface area contributed by atoms with E-state index in [0.29, 0.717) is 63.8 Å². The number of hydrogen-bond acceptors (Lipinski definition) is 15. The second-order valence-electron chi connectivity index (χ2n) is 20.4. The number of pyridine rings is 2. The van der Waals surface area contributed by atoms with Crippen LogP contribution in [0.5, 0.6) is 0 Å². The zero-order chi connectivity index (χ0) is 55.8. The van der Waals surface area contributed by atoms with E-state index in [1.807, 2.05) is 6.92 Å². The van der Waals surface area contributed by atoms with Crippen LogP contribution in [0.1, 0.15) is 110 Å². The molecule has 5 amide bonds. The van der Waals surface area contributed by atoms with E-state index in [0.717, 1.165) is 24.8 Å². The van der Waals surface area contributed by atoms with Gasteiger partial charge in [-0.15, -0.1) is 0 Å². The Kier molecular flexibility index (Phi) is 18.1. The molecule has 0 fully saturated rings. The van der Waals surface area contributed by atoms with E-state index in [1.165, 1.54) is 22.8 Å². The average Bonchev–Trinajstić information content (AvgIpc) is 3.98. The van der Waals surface area contributed by atoms with Crippen LogP contribution in [-0.4, -0.2) is 112 Å². The van der Waals surface area contributed by atoms with E-state index >= 15 is 4.39 Å². The molecular formula is C56H65FN8O13. The number of amides is 5. The molecule has 8 N–H and O–H groups in total. The highest BCUT2D eigenvalue weighted by molar-refractivity contribution is 6.06. The van der Waals surface area contributed by atoms with Crippen LogP contribution in [0.15, 0.2) is 59.4 Å². The number of aromatic nitrogens is 2. The first-order valence-electron chi connectivity index (χ1n) is 26.4. The van der Waals surface area contributed by atoms with Crippen molar-refractivity contribution in [2.24, 2.45) is 11.8 Å². The second kappa shape index (κ2) is 24.9. The van der Waals surface area contributed by atoms with Crippen LogP contribution < -0.4 is 37.5 Å². The van der Waals surface area contributed by atoms with Gasteiger partial charge in [-0.25, -0.2) is 14.2 Å². The van der Waals surface area contributed by atoms with E-state index in [9.17, 15) is 53.4 Å². The number of hydrogen-bond donors (Lipinski definition) is 8. The number of benzene rings is 2. The SMILES string of the molecule is CC[C@@]1(O)C(=O)OCc2c1cc1n(c2=O)Cc2c-1nc1cc(F)c(C)c3c1c2[C@@H](NC(O)COCNC(=O)CNC(=O)[C@H](Cc1ccccc1)NC(=O)CNC(=O)CNC(=O)CCCCCC(C)C1CC(=O)C=CC1=O)CC3. The molecular weight excluding hydrogens is 1010 g/mol. The molecule has 21 nitrogen and oxygen atoms in total. The zero-order valence-corrected chi connectivity index (χ0v) is 43.8. The topological polar surface area (TPSA) is 303 Å². The number of unbranched alkanes of at least 4 members (excludes halogenated alkanes) is 2. The number of carbonyl (C=O) groups excluding carboxylic acids is 8. The minimum atomic E-state index is -2.04. The van der Waals surface area contributed by atoms with Gasteiger partial charge in [-0.2, -0.15) is 0 Å². The Morgan fingerprint density at radius 2 is 1.64 bits per heavy atom. The summed E-state index contributed by atoms with van der Waals surface area (Å²) >= 11 is 0. The molecule has 78 heavy (non-hydrogen) atoms. The maximum absolute atomic E-state index is 15.4. The number of ether oxygens (including phenoxy) is 2. The van der Waals surface area contributed by atoms with Crippen LogP contribution in [0.4, 0.5) is 4.39 Å². The number of nitrogens with zero attached hydrogens (tertiary/aromatic N) is 2. The number of allylic oxidation sites excluding steroid dienone is 2. The Labute approximate surface area is 448 Å². The average molecular weight is 1080 g/mol. The monoisotopic (exact) mass is 1080 g/mol. The third-order valence-electron chi connectivity index (χ3n) is 15.1. The smallest absolute Gasteiger partial charge is 0.343 e. The summed E-state index contributed by atoms with van der Waals surface area (Å²) in [7, 11) is 0. The number of fused-ring (bicyclic) bond motifs is 5. The van der Waals surface area contributed by atoms with Gasteiger partial charge in [0.15, 0.2) is 17.2 Å². The predicted octanol–water partition coefficient (Wildman–Crippen LogP) is 1.89. The van der Waals surface area contributed by atoms with E-state index in [-0.39, 0.29) is 99.2 Å². The Balaban J connectivity index is 0.788. The molecule has 414 valence electrons. The number of aryl methyl sites for hydroxylation is 1. The number of aliphatic hydroxyl groups excluding tert-OH is 1. The fourth-order valence-electron chi connectivity index (χ4n) is 10.8. The fourth-order valence-corrected chi connectivity index (χ4v) is 10.8. The summed E-state index contributed by atoms with van der Waals surface area (Å²) in [6.07, 6.45) is 5.47. The largest absolute Gasteiger partial charge is 0.458 e. The number of rotatable bonds is 24. The Bertz CT molecular complexity index is 3130. The van der Waals surface area contributed by atoms with Crippen molar-refractivity contribution in [3.63, 3.8) is 0 Å². The number of ketones is 2. The summed E-state index contributed by atoms with van der Waals surface area (Å²) in [5.41, 5.74) is 2.16. The van der Waals surface area contributed by atoms with Crippen LogP contribution >= 0.6 is 0 Å². The van der Waals surface area contributed by atoms with Gasteiger partial charge in [0.2, 0.25) is 29.5 Å². The molecule has 0 saturated heterocycles. The molecule has 6 atom stereocenters. The minimum absolute atomic E-state index is 0.0354. The van der Waals surface area contributed by atoms with Gasteiger partial charge in [-0.1, -0.05) is 57.0 Å². The molecule has 2 aliphatic carbocycles. The normalized spacial score (nSPS) is 19.2. The molecule has 2 aromatic carbocycles. The number of aliphatic hydroxyl groups is 2. The first kappa shape index (κ1) is 56.7. The quantitative estimate of drug-likeness (QED) is 0.0249. The molecule has 8 rings (SSSR count). The first-order chi connectivity index (χ1) is 37.4. The van der Waals surface area contributed by atoms with Gasteiger partial charge in [0, 0.05) is 53.8 Å². The third-order valence-corrected chi connectivity index (χ3v) is 15.1. The van der Waals surface area contributed by atoms with Crippen molar-refractivity contribution in [3.05, 3.63) is 110 Å². The highest BCUT2D eigenvalue weighted by atomic mass is 19.1. The predicted molar refractivity (Wildman–Crippen MR) is 279 cm³/mol. The molecule has 0 bridgehead atoms. The number of nitrogens with one attached hydrogen (secondary N) is 6. The summed E-state index contributed by atoms with van der Waals surface area (Å²) in [4.78, 5) is 120. The molecule has 0 saturated carbocycles. The van der Waals surface area contributed by atoms with E-state index in [2.05, 4.69) is 31.9 Å². The van der Waals surface area contributed by atoms with Crippen molar-refractivity contribution in [1.82, 2.24) is 41.5 Å². The Morgan fingerprint density at radius 1 is 0.910 bits per heavy atom. The van der Waals surface area contributed by atoms with Gasteiger partial charge in [-0.05, 0) is 85.4 Å². The summed E-state index contributed by atoms with van der Waals surface area (Å²) < 4.78 is 27.7. The van der Waals surface area contributed by atoms with Crippen molar-refractivity contribution in [2.45, 2.75) is 122 Å². The minimum Gasteiger partial charge on any atom is -0.458 e. The molecule has 4 aliphatic rings. The van der Waals surface area contributed by atoms with Crippen molar-refractivity contribution in [2.75, 3.05) is 33.0 Å². The van der Waals surface area contributed by atoms with Crippen molar-refractivity contribution < 1.29 is 62.4 Å². The Morgan fingerprint density at radius 3 is 2.41 bits per heavy atom. The van der Waals surface area contributed by atoms with E-state index in [1.54, 1.807) is 50.2 Å². The maximum atomic E-state index is 15.4. The molecule has 0 radical (unpaired) electrons. The Hall–Kier alpha value is -7.53. The van der Waals surface area contributed by atoms with Gasteiger partial charge >= 0.3 is 5.97 Å². The molecule has 4 heterocycles. The van der Waals surface area contributed by atoms with Crippen molar-refractivity contribution >= 4 is 58.0 Å². The summed E-state index contributed by atoms with van der Waals surface area (Å²) in [6, 6.07) is 10.1. The summed E-state index contributed by atoms with van der Waals surface area (Å²) in [6.45, 7) is 3.00. The van der Waals surface area contributed by atoms with E-state index < -0.39 is 78.0 Å². The molecule has 2 aliphatic heterocycles. The van der Waals surface area contributed by atoms with Gasteiger partial charge in [-0.3, -0.25) is 43.7 Å². The third kappa shape index (κ3) is 12.7. The van der Waals surface area contributed by atoms with Crippen molar-refractivity contribution in [3.8, 4) is 11.4 Å². The number of halogens is 1. The lowest BCUT2D eigenvalue weighted by Gasteiger charge is -2.31. The van der Waals surface area contributed by atoms with Crippen LogP contribution in [0, 0.1) is 24.6 Å². The van der Waals surface area contributed by atoms with Crippen LogP contribution in [0.2, 0.25) is 0 Å². The van der Waals surface area contributed by atoms with Crippen LogP contribution in [0.25, 0.3) is 22.3 Å². The zero-order valence-electron chi connectivity index (χ0n) is 43.8. The standard InChI is InChI=1S/C56H65FN8O13/c1-4-56(76)38-21-43-52-36(26-65(43)54(74)37(38)27-78-55(56)75)51-40(17-16-34-31(3)39(57)22-41(64-52)50(34)51)62-49(72)28-77-29-61-47(70)24-60-53(73)42(19-32-12-8-6-9-13-32)63-48(71)25-59-46(69)23-58-45(68)14-10-5-7-11-30(2)35-20-33(66)15-18-44(35)67/h6,8-9,12-13,15,18,21-22,30,35,40,42,49,62,72,76H,4-5,7,10-11,14,16-17,19-20,23-29H2,1-3H3,(H,58,68)(H,59,69)(H,60,73)(H,61,70)(H,63,71)/t30?,35?,40-,42-,49?,56-/m0/s1. The number of carbonyl (C=O) groups is 8. The molecule has 2 aromatic heterocycles. The molecule has 3 unspecified atom stereocenters.